The predicted octanol–water partition coefficient (Wildman–Crippen LogP) is 2.63. The van der Waals surface area contributed by atoms with Crippen LogP contribution in [-0.4, -0.2) is 21.1 Å². The second-order valence-electron chi connectivity index (χ2n) is 4.73. The molecule has 0 spiro atoms. The molecular formula is C14H15N3O. The molecule has 1 heterocycles. The van der Waals surface area contributed by atoms with E-state index in [4.69, 9.17) is 0 Å². The molecule has 18 heavy (non-hydrogen) atoms. The van der Waals surface area contributed by atoms with Crippen LogP contribution in [0.15, 0.2) is 35.5 Å². The van der Waals surface area contributed by atoms with Crippen molar-refractivity contribution in [2.75, 3.05) is 0 Å². The Hall–Kier alpha value is -2.10. The maximum absolute atomic E-state index is 9.19. The monoisotopic (exact) mass is 241 g/mol. The standard InChI is InChI=1S/C14H15N3O/c1-9-14-12(16-15-9)7-11(8-13(14)17-18)10-5-3-2-4-6-10/h2-6,11,18H,7-8H2,1H3,(H,15,16)/b17-13+. The molecule has 1 atom stereocenters. The van der Waals surface area contributed by atoms with Crippen LogP contribution in [0.4, 0.5) is 0 Å². The quantitative estimate of drug-likeness (QED) is 0.595. The van der Waals surface area contributed by atoms with E-state index < -0.39 is 0 Å². The molecule has 0 saturated heterocycles. The number of H-pyrrole nitrogens is 1. The molecule has 0 bridgehead atoms. The molecule has 0 radical (unpaired) electrons. The van der Waals surface area contributed by atoms with Crippen LogP contribution in [0, 0.1) is 6.92 Å². The number of hydrogen-bond donors (Lipinski definition) is 2. The van der Waals surface area contributed by atoms with E-state index in [1.54, 1.807) is 0 Å². The fourth-order valence-electron chi connectivity index (χ4n) is 2.70. The van der Waals surface area contributed by atoms with Gasteiger partial charge in [0.05, 0.1) is 11.4 Å². The van der Waals surface area contributed by atoms with Crippen LogP contribution in [-0.2, 0) is 6.42 Å². The number of nitrogens with zero attached hydrogens (tertiary/aromatic N) is 2. The minimum Gasteiger partial charge on any atom is -0.411 e. The molecule has 1 aliphatic rings. The third kappa shape index (κ3) is 1.70. The first-order valence-electron chi connectivity index (χ1n) is 6.09. The van der Waals surface area contributed by atoms with E-state index in [0.717, 1.165) is 35.5 Å². The molecular weight excluding hydrogens is 226 g/mol. The van der Waals surface area contributed by atoms with E-state index in [9.17, 15) is 5.21 Å². The molecule has 1 unspecified atom stereocenters. The van der Waals surface area contributed by atoms with Gasteiger partial charge >= 0.3 is 0 Å². The summed E-state index contributed by atoms with van der Waals surface area (Å²) in [6.07, 6.45) is 1.65. The highest BCUT2D eigenvalue weighted by atomic mass is 16.4. The fraction of sp³-hybridized carbons (Fsp3) is 0.286. The van der Waals surface area contributed by atoms with Crippen molar-refractivity contribution in [2.24, 2.45) is 5.16 Å². The van der Waals surface area contributed by atoms with Crippen LogP contribution < -0.4 is 0 Å². The molecule has 92 valence electrons. The summed E-state index contributed by atoms with van der Waals surface area (Å²) in [5.41, 5.74) is 4.97. The van der Waals surface area contributed by atoms with Gasteiger partial charge < -0.3 is 5.21 Å². The Morgan fingerprint density at radius 1 is 1.28 bits per heavy atom. The SMILES string of the molecule is Cc1[nH]nc2c1/C(=N/O)CC(c1ccccc1)C2. The average molecular weight is 241 g/mol. The summed E-state index contributed by atoms with van der Waals surface area (Å²) in [7, 11) is 0. The second-order valence-corrected chi connectivity index (χ2v) is 4.73. The van der Waals surface area contributed by atoms with Crippen LogP contribution >= 0.6 is 0 Å². The number of hydrogen-bond acceptors (Lipinski definition) is 3. The topological polar surface area (TPSA) is 61.3 Å². The van der Waals surface area contributed by atoms with Crippen LogP contribution in [0.25, 0.3) is 0 Å². The highest BCUT2D eigenvalue weighted by molar-refractivity contribution is 6.03. The Morgan fingerprint density at radius 3 is 2.78 bits per heavy atom. The van der Waals surface area contributed by atoms with Crippen LogP contribution in [0.3, 0.4) is 0 Å². The Bertz CT molecular complexity index is 586. The van der Waals surface area contributed by atoms with Gasteiger partial charge in [-0.3, -0.25) is 5.10 Å². The summed E-state index contributed by atoms with van der Waals surface area (Å²) in [6.45, 7) is 1.96. The number of aryl methyl sites for hydroxylation is 1. The smallest absolute Gasteiger partial charge is 0.0910 e. The zero-order chi connectivity index (χ0) is 12.5. The second kappa shape index (κ2) is 4.29. The number of rotatable bonds is 1. The van der Waals surface area contributed by atoms with Gasteiger partial charge in [0, 0.05) is 17.7 Å². The zero-order valence-electron chi connectivity index (χ0n) is 10.2. The van der Waals surface area contributed by atoms with Gasteiger partial charge in [0.2, 0.25) is 0 Å². The molecule has 0 fully saturated rings. The molecule has 2 aromatic rings. The van der Waals surface area contributed by atoms with E-state index in [2.05, 4.69) is 27.5 Å². The normalized spacial score (nSPS) is 20.9. The van der Waals surface area contributed by atoms with Gasteiger partial charge in [-0.2, -0.15) is 5.10 Å². The Balaban J connectivity index is 2.01. The highest BCUT2D eigenvalue weighted by Gasteiger charge is 2.28. The Morgan fingerprint density at radius 2 is 2.06 bits per heavy atom. The van der Waals surface area contributed by atoms with Crippen molar-refractivity contribution < 1.29 is 5.21 Å². The third-order valence-electron chi connectivity index (χ3n) is 3.58. The summed E-state index contributed by atoms with van der Waals surface area (Å²) < 4.78 is 0. The summed E-state index contributed by atoms with van der Waals surface area (Å²) in [6, 6.07) is 10.3. The zero-order valence-corrected chi connectivity index (χ0v) is 10.2. The van der Waals surface area contributed by atoms with Crippen molar-refractivity contribution in [3.63, 3.8) is 0 Å². The van der Waals surface area contributed by atoms with Gasteiger partial charge in [0.25, 0.3) is 0 Å². The predicted molar refractivity (Wildman–Crippen MR) is 69.2 cm³/mol. The van der Waals surface area contributed by atoms with E-state index >= 15 is 0 Å². The third-order valence-corrected chi connectivity index (χ3v) is 3.58. The molecule has 3 rings (SSSR count). The number of aromatic amines is 1. The number of nitrogens with one attached hydrogen (secondary N) is 1. The molecule has 1 aromatic carbocycles. The minimum absolute atomic E-state index is 0.340. The summed E-state index contributed by atoms with van der Waals surface area (Å²) in [5.74, 6) is 0.340. The maximum Gasteiger partial charge on any atom is 0.0910 e. The summed E-state index contributed by atoms with van der Waals surface area (Å²) in [4.78, 5) is 0. The lowest BCUT2D eigenvalue weighted by molar-refractivity contribution is 0.317. The van der Waals surface area contributed by atoms with Crippen molar-refractivity contribution in [1.29, 1.82) is 0 Å². The lowest BCUT2D eigenvalue weighted by atomic mass is 9.81. The first kappa shape index (κ1) is 11.0. The van der Waals surface area contributed by atoms with Crippen LogP contribution in [0.1, 0.15) is 34.9 Å². The van der Waals surface area contributed by atoms with Crippen molar-refractivity contribution >= 4 is 5.71 Å². The lowest BCUT2D eigenvalue weighted by Gasteiger charge is -2.22. The molecule has 1 aromatic heterocycles. The van der Waals surface area contributed by atoms with Gasteiger partial charge in [-0.25, -0.2) is 0 Å². The number of aromatic nitrogens is 2. The summed E-state index contributed by atoms with van der Waals surface area (Å²) >= 11 is 0. The van der Waals surface area contributed by atoms with Crippen molar-refractivity contribution in [1.82, 2.24) is 10.2 Å². The number of benzene rings is 1. The van der Waals surface area contributed by atoms with Crippen LogP contribution in [0.2, 0.25) is 0 Å². The van der Waals surface area contributed by atoms with Gasteiger partial charge in [0.1, 0.15) is 0 Å². The fourth-order valence-corrected chi connectivity index (χ4v) is 2.70. The minimum atomic E-state index is 0.340. The maximum atomic E-state index is 9.19. The molecule has 1 aliphatic carbocycles. The van der Waals surface area contributed by atoms with Crippen molar-refractivity contribution in [3.05, 3.63) is 52.8 Å². The largest absolute Gasteiger partial charge is 0.411 e. The van der Waals surface area contributed by atoms with E-state index in [1.807, 2.05) is 25.1 Å². The van der Waals surface area contributed by atoms with E-state index in [0.29, 0.717) is 5.92 Å². The van der Waals surface area contributed by atoms with Crippen LogP contribution in [0.5, 0.6) is 0 Å². The Labute approximate surface area is 105 Å². The van der Waals surface area contributed by atoms with Gasteiger partial charge in [0.15, 0.2) is 0 Å². The molecule has 0 saturated carbocycles. The van der Waals surface area contributed by atoms with E-state index in [1.165, 1.54) is 5.56 Å². The molecule has 0 aliphatic heterocycles. The van der Waals surface area contributed by atoms with Crippen molar-refractivity contribution in [3.8, 4) is 0 Å². The first-order chi connectivity index (χ1) is 8.79. The summed E-state index contributed by atoms with van der Waals surface area (Å²) in [5, 5.41) is 19.9. The molecule has 0 amide bonds. The molecule has 2 N–H and O–H groups in total. The van der Waals surface area contributed by atoms with E-state index in [-0.39, 0.29) is 0 Å². The number of oxime groups is 1. The lowest BCUT2D eigenvalue weighted by Crippen LogP contribution is -2.19. The average Bonchev–Trinajstić information content (AvgIpc) is 2.81. The molecule has 4 heteroatoms. The molecule has 4 nitrogen and oxygen atoms in total. The van der Waals surface area contributed by atoms with Gasteiger partial charge in [-0.15, -0.1) is 0 Å². The highest BCUT2D eigenvalue weighted by Crippen LogP contribution is 2.33. The number of fused-ring (bicyclic) bond motifs is 1. The van der Waals surface area contributed by atoms with Crippen molar-refractivity contribution in [2.45, 2.75) is 25.7 Å². The van der Waals surface area contributed by atoms with Gasteiger partial charge in [-0.05, 0) is 24.8 Å². The van der Waals surface area contributed by atoms with Gasteiger partial charge in [-0.1, -0.05) is 35.5 Å². The first-order valence-corrected chi connectivity index (χ1v) is 6.09. The Kier molecular flexibility index (Phi) is 2.63.